The second kappa shape index (κ2) is 6.84. The molecule has 28 heavy (non-hydrogen) atoms. The van der Waals surface area contributed by atoms with Gasteiger partial charge in [-0.3, -0.25) is 4.79 Å². The van der Waals surface area contributed by atoms with Crippen LogP contribution in [0.15, 0.2) is 23.0 Å². The SMILES string of the molecule is Cn1nc([N+](=O)[O-])c(C(C#N)c2nc3cc(C(F)(F)F)ccc3s2)c(Cl)c1=O. The van der Waals surface area contributed by atoms with Gasteiger partial charge in [-0.05, 0) is 23.1 Å². The fraction of sp³-hybridized carbons (Fsp3) is 0.200. The van der Waals surface area contributed by atoms with E-state index in [4.69, 9.17) is 11.6 Å². The lowest BCUT2D eigenvalue weighted by atomic mass is 10.0. The summed E-state index contributed by atoms with van der Waals surface area (Å²) in [6.45, 7) is 0. The van der Waals surface area contributed by atoms with Gasteiger partial charge in [-0.15, -0.1) is 16.0 Å². The van der Waals surface area contributed by atoms with Gasteiger partial charge in [-0.2, -0.15) is 18.4 Å². The van der Waals surface area contributed by atoms with Crippen molar-refractivity contribution in [3.8, 4) is 6.07 Å². The van der Waals surface area contributed by atoms with Crippen molar-refractivity contribution in [2.75, 3.05) is 0 Å². The van der Waals surface area contributed by atoms with Crippen LogP contribution in [-0.4, -0.2) is 19.7 Å². The Hall–Kier alpha value is -3.04. The zero-order valence-electron chi connectivity index (χ0n) is 13.7. The number of nitro groups is 1. The van der Waals surface area contributed by atoms with Gasteiger partial charge in [0.1, 0.15) is 21.5 Å². The maximum atomic E-state index is 12.9. The van der Waals surface area contributed by atoms with E-state index in [1.807, 2.05) is 0 Å². The van der Waals surface area contributed by atoms with Crippen molar-refractivity contribution in [3.63, 3.8) is 0 Å². The van der Waals surface area contributed by atoms with Crippen LogP contribution in [0.1, 0.15) is 22.1 Å². The number of aryl methyl sites for hydroxylation is 1. The molecule has 0 amide bonds. The number of hydrogen-bond acceptors (Lipinski definition) is 7. The lowest BCUT2D eigenvalue weighted by Crippen LogP contribution is -2.24. The highest BCUT2D eigenvalue weighted by molar-refractivity contribution is 7.18. The lowest BCUT2D eigenvalue weighted by molar-refractivity contribution is -0.391. The summed E-state index contributed by atoms with van der Waals surface area (Å²) in [6, 6.07) is 4.63. The van der Waals surface area contributed by atoms with Crippen molar-refractivity contribution in [2.45, 2.75) is 12.1 Å². The van der Waals surface area contributed by atoms with Crippen LogP contribution in [0, 0.1) is 21.4 Å². The second-order valence-electron chi connectivity index (χ2n) is 5.53. The number of hydrogen-bond donors (Lipinski definition) is 0. The number of halogens is 4. The van der Waals surface area contributed by atoms with Gasteiger partial charge in [0, 0.05) is 0 Å². The van der Waals surface area contributed by atoms with Crippen molar-refractivity contribution in [1.29, 1.82) is 5.26 Å². The monoisotopic (exact) mass is 429 g/mol. The highest BCUT2D eigenvalue weighted by Crippen LogP contribution is 2.38. The summed E-state index contributed by atoms with van der Waals surface area (Å²) < 4.78 is 39.6. The molecular weight excluding hydrogens is 423 g/mol. The maximum Gasteiger partial charge on any atom is 0.416 e. The first-order valence-corrected chi connectivity index (χ1v) is 8.52. The fourth-order valence-corrected chi connectivity index (χ4v) is 3.79. The second-order valence-corrected chi connectivity index (χ2v) is 6.97. The molecule has 1 aromatic carbocycles. The molecule has 0 aliphatic rings. The van der Waals surface area contributed by atoms with Gasteiger partial charge in [0.25, 0.3) is 0 Å². The van der Waals surface area contributed by atoms with E-state index in [1.165, 1.54) is 6.07 Å². The van der Waals surface area contributed by atoms with Gasteiger partial charge in [-0.1, -0.05) is 11.6 Å². The number of fused-ring (bicyclic) bond motifs is 1. The maximum absolute atomic E-state index is 12.9. The molecule has 13 heteroatoms. The van der Waals surface area contributed by atoms with E-state index in [1.54, 1.807) is 6.07 Å². The molecule has 2 heterocycles. The number of nitrogens with zero attached hydrogens (tertiary/aromatic N) is 5. The largest absolute Gasteiger partial charge is 0.416 e. The van der Waals surface area contributed by atoms with E-state index >= 15 is 0 Å². The number of thiazole rings is 1. The van der Waals surface area contributed by atoms with Gasteiger partial charge in [0.15, 0.2) is 0 Å². The van der Waals surface area contributed by atoms with Gasteiger partial charge in [0.05, 0.1) is 34.0 Å². The summed E-state index contributed by atoms with van der Waals surface area (Å²) in [5.41, 5.74) is -2.27. The Morgan fingerprint density at radius 3 is 2.68 bits per heavy atom. The molecule has 144 valence electrons. The quantitative estimate of drug-likeness (QED) is 0.464. The normalized spacial score (nSPS) is 12.7. The zero-order chi connectivity index (χ0) is 20.8. The molecular formula is C15H7ClF3N5O3S. The van der Waals surface area contributed by atoms with Crippen LogP contribution in [0.4, 0.5) is 19.0 Å². The molecule has 0 spiro atoms. The average molecular weight is 430 g/mol. The van der Waals surface area contributed by atoms with Crippen LogP contribution < -0.4 is 5.56 Å². The van der Waals surface area contributed by atoms with Crippen molar-refractivity contribution < 1.29 is 18.1 Å². The third-order valence-corrected chi connectivity index (χ3v) is 5.24. The molecule has 0 radical (unpaired) electrons. The first kappa shape index (κ1) is 19.7. The van der Waals surface area contributed by atoms with Crippen LogP contribution in [0.2, 0.25) is 5.02 Å². The smallest absolute Gasteiger partial charge is 0.358 e. The molecule has 0 N–H and O–H groups in total. The molecule has 0 aliphatic heterocycles. The van der Waals surface area contributed by atoms with Crippen molar-refractivity contribution in [1.82, 2.24) is 14.8 Å². The van der Waals surface area contributed by atoms with Crippen molar-refractivity contribution in [2.24, 2.45) is 7.05 Å². The molecule has 0 aliphatic carbocycles. The minimum Gasteiger partial charge on any atom is -0.358 e. The van der Waals surface area contributed by atoms with Crippen molar-refractivity contribution in [3.05, 3.63) is 59.8 Å². The van der Waals surface area contributed by atoms with E-state index in [9.17, 15) is 33.3 Å². The molecule has 0 saturated carbocycles. The van der Waals surface area contributed by atoms with Crippen LogP contribution in [0.25, 0.3) is 10.2 Å². The summed E-state index contributed by atoms with van der Waals surface area (Å²) >= 11 is 6.82. The third-order valence-electron chi connectivity index (χ3n) is 3.77. The predicted octanol–water partition coefficient (Wildman–Crippen LogP) is 3.63. The molecule has 0 bridgehead atoms. The Kier molecular flexibility index (Phi) is 4.82. The van der Waals surface area contributed by atoms with E-state index < -0.39 is 44.5 Å². The number of aromatic nitrogens is 3. The molecule has 0 fully saturated rings. The Labute approximate surface area is 162 Å². The molecule has 1 atom stereocenters. The fourth-order valence-electron chi connectivity index (χ4n) is 2.48. The van der Waals surface area contributed by atoms with E-state index in [-0.39, 0.29) is 10.5 Å². The average Bonchev–Trinajstić information content (AvgIpc) is 3.03. The Bertz CT molecular complexity index is 1210. The highest BCUT2D eigenvalue weighted by Gasteiger charge is 2.34. The third kappa shape index (κ3) is 3.30. The molecule has 3 aromatic rings. The van der Waals surface area contributed by atoms with E-state index in [2.05, 4.69) is 10.1 Å². The number of alkyl halides is 3. The van der Waals surface area contributed by atoms with Gasteiger partial charge < -0.3 is 10.1 Å². The summed E-state index contributed by atoms with van der Waals surface area (Å²) in [6.07, 6.45) is -4.58. The van der Waals surface area contributed by atoms with Gasteiger partial charge in [-0.25, -0.2) is 4.98 Å². The van der Waals surface area contributed by atoms with E-state index in [0.717, 1.165) is 30.5 Å². The zero-order valence-corrected chi connectivity index (χ0v) is 15.3. The molecule has 8 nitrogen and oxygen atoms in total. The highest BCUT2D eigenvalue weighted by atomic mass is 35.5. The standard InChI is InChI=1S/C15H7ClF3N5O3S/c1-23-14(25)11(16)10(12(22-23)24(26)27)7(5-20)13-21-8-4-6(15(17,18)19)2-3-9(8)28-13/h2-4,7H,1H3. The number of benzene rings is 1. The Balaban J connectivity index is 2.23. The summed E-state index contributed by atoms with van der Waals surface area (Å²) in [7, 11) is 1.16. The summed E-state index contributed by atoms with van der Waals surface area (Å²) in [4.78, 5) is 26.5. The molecule has 1 unspecified atom stereocenters. The van der Waals surface area contributed by atoms with Crippen molar-refractivity contribution >= 4 is 39.0 Å². The first-order valence-electron chi connectivity index (χ1n) is 7.33. The summed E-state index contributed by atoms with van der Waals surface area (Å²) in [5.74, 6) is -2.27. The van der Waals surface area contributed by atoms with Crippen LogP contribution in [0.5, 0.6) is 0 Å². The van der Waals surface area contributed by atoms with Gasteiger partial charge in [0.2, 0.25) is 0 Å². The lowest BCUT2D eigenvalue weighted by Gasteiger charge is -2.08. The summed E-state index contributed by atoms with van der Waals surface area (Å²) in [5, 5.41) is 23.8. The number of nitriles is 1. The van der Waals surface area contributed by atoms with E-state index in [0.29, 0.717) is 9.38 Å². The van der Waals surface area contributed by atoms with Crippen LogP contribution in [0.3, 0.4) is 0 Å². The Morgan fingerprint density at radius 2 is 2.11 bits per heavy atom. The molecule has 2 aromatic heterocycles. The van der Waals surface area contributed by atoms with Gasteiger partial charge >= 0.3 is 17.6 Å². The molecule has 3 rings (SSSR count). The minimum absolute atomic E-state index is 0.0364. The van der Waals surface area contributed by atoms with Crippen LogP contribution in [-0.2, 0) is 13.2 Å². The first-order chi connectivity index (χ1) is 13.0. The minimum atomic E-state index is -4.58. The number of rotatable bonds is 3. The van der Waals surface area contributed by atoms with Crippen LogP contribution >= 0.6 is 22.9 Å². The molecule has 0 saturated heterocycles. The topological polar surface area (TPSA) is 115 Å². The Morgan fingerprint density at radius 1 is 1.43 bits per heavy atom. The predicted molar refractivity (Wildman–Crippen MR) is 93.2 cm³/mol.